The summed E-state index contributed by atoms with van der Waals surface area (Å²) in [5.74, 6) is 0.0506. The van der Waals surface area contributed by atoms with Crippen molar-refractivity contribution < 1.29 is 14.6 Å². The first-order valence-corrected chi connectivity index (χ1v) is 8.02. The van der Waals surface area contributed by atoms with Crippen molar-refractivity contribution in [1.29, 1.82) is 0 Å². The van der Waals surface area contributed by atoms with E-state index >= 15 is 0 Å². The van der Waals surface area contributed by atoms with Gasteiger partial charge in [-0.25, -0.2) is 4.98 Å². The maximum absolute atomic E-state index is 12.3. The minimum absolute atomic E-state index is 0.0937. The number of hydrogen-bond donors (Lipinski definition) is 2. The molecule has 0 radical (unpaired) electrons. The largest absolute Gasteiger partial charge is 0.352 e. The Morgan fingerprint density at radius 3 is 2.37 bits per heavy atom. The van der Waals surface area contributed by atoms with Crippen LogP contribution in [0.15, 0.2) is 36.4 Å². The summed E-state index contributed by atoms with van der Waals surface area (Å²) in [6.45, 7) is 1.49. The van der Waals surface area contributed by atoms with Gasteiger partial charge in [0, 0.05) is 25.1 Å². The lowest BCUT2D eigenvalue weighted by atomic mass is 10.1. The quantitative estimate of drug-likeness (QED) is 0.505. The lowest BCUT2D eigenvalue weighted by molar-refractivity contribution is -0.395. The molecule has 0 aliphatic heterocycles. The zero-order valence-electron chi connectivity index (χ0n) is 14.3. The molecule has 0 aliphatic rings. The summed E-state index contributed by atoms with van der Waals surface area (Å²) in [5, 5.41) is 24.8. The molecule has 0 saturated heterocycles. The Morgan fingerprint density at radius 1 is 1.15 bits per heavy atom. The van der Waals surface area contributed by atoms with Gasteiger partial charge in [0.1, 0.15) is 11.4 Å². The van der Waals surface area contributed by atoms with E-state index in [9.17, 15) is 25.0 Å². The molecule has 3 aromatic rings. The van der Waals surface area contributed by atoms with Crippen molar-refractivity contribution in [1.82, 2.24) is 15.3 Å². The Hall–Kier alpha value is -3.82. The van der Waals surface area contributed by atoms with E-state index in [-0.39, 0.29) is 17.7 Å². The minimum Gasteiger partial charge on any atom is -0.352 e. The van der Waals surface area contributed by atoms with Crippen LogP contribution < -0.4 is 5.32 Å². The molecule has 138 valence electrons. The number of imidazole rings is 1. The molecule has 0 aliphatic carbocycles. The number of fused-ring (bicyclic) bond motifs is 1. The van der Waals surface area contributed by atoms with Crippen LogP contribution in [0.5, 0.6) is 0 Å². The van der Waals surface area contributed by atoms with E-state index in [0.29, 0.717) is 12.2 Å². The highest BCUT2D eigenvalue weighted by atomic mass is 16.6. The van der Waals surface area contributed by atoms with Crippen LogP contribution in [0.3, 0.4) is 0 Å². The molecule has 27 heavy (non-hydrogen) atoms. The second-order valence-corrected chi connectivity index (χ2v) is 5.86. The zero-order chi connectivity index (χ0) is 19.6. The maximum atomic E-state index is 12.3. The first-order valence-electron chi connectivity index (χ1n) is 8.02. The number of nitrogens with zero attached hydrogens (tertiary/aromatic N) is 3. The first kappa shape index (κ1) is 18.0. The third-order valence-corrected chi connectivity index (χ3v) is 4.09. The van der Waals surface area contributed by atoms with E-state index in [1.165, 1.54) is 6.92 Å². The predicted molar refractivity (Wildman–Crippen MR) is 96.6 cm³/mol. The molecule has 10 heteroatoms. The number of aromatic nitrogens is 2. The van der Waals surface area contributed by atoms with E-state index < -0.39 is 27.1 Å². The van der Waals surface area contributed by atoms with Crippen molar-refractivity contribution >= 4 is 28.3 Å². The fourth-order valence-electron chi connectivity index (χ4n) is 2.71. The van der Waals surface area contributed by atoms with Gasteiger partial charge in [0.2, 0.25) is 0 Å². The number of para-hydroxylation sites is 2. The van der Waals surface area contributed by atoms with Crippen LogP contribution in [0.25, 0.3) is 11.0 Å². The number of carbonyl (C=O) groups excluding carboxylic acids is 1. The summed E-state index contributed by atoms with van der Waals surface area (Å²) in [6.07, 6.45) is 0.413. The normalized spacial score (nSPS) is 10.7. The van der Waals surface area contributed by atoms with Crippen LogP contribution in [-0.2, 0) is 6.42 Å². The summed E-state index contributed by atoms with van der Waals surface area (Å²) >= 11 is 0. The third-order valence-electron chi connectivity index (χ3n) is 4.09. The van der Waals surface area contributed by atoms with Gasteiger partial charge in [-0.15, -0.1) is 0 Å². The summed E-state index contributed by atoms with van der Waals surface area (Å²) in [7, 11) is 0. The molecule has 0 fully saturated rings. The number of aromatic amines is 1. The number of H-pyrrole nitrogens is 1. The molecule has 2 N–H and O–H groups in total. The monoisotopic (exact) mass is 369 g/mol. The van der Waals surface area contributed by atoms with E-state index in [1.54, 1.807) is 0 Å². The van der Waals surface area contributed by atoms with Crippen molar-refractivity contribution in [3.05, 3.63) is 73.6 Å². The molecule has 1 heterocycles. The smallest absolute Gasteiger partial charge is 0.279 e. The van der Waals surface area contributed by atoms with Gasteiger partial charge >= 0.3 is 0 Å². The second-order valence-electron chi connectivity index (χ2n) is 5.86. The molecule has 1 aromatic heterocycles. The molecule has 0 saturated carbocycles. The first-order chi connectivity index (χ1) is 12.9. The Labute approximate surface area is 152 Å². The standard InChI is InChI=1S/C17H15N5O5/c1-10-14(21(24)25)8-11(9-15(10)22(26)27)17(23)18-7-6-16-19-12-4-2-3-5-13(12)20-16/h2-5,8-9H,6-7H2,1H3,(H,18,23)(H,19,20). The number of nitro groups is 2. The van der Waals surface area contributed by atoms with Crippen molar-refractivity contribution in [2.75, 3.05) is 6.54 Å². The number of nitro benzene ring substituents is 2. The molecular formula is C17H15N5O5. The van der Waals surface area contributed by atoms with Crippen LogP contribution in [-0.4, -0.2) is 32.3 Å². The highest BCUT2D eigenvalue weighted by molar-refractivity contribution is 5.96. The second kappa shape index (κ2) is 7.20. The molecule has 0 bridgehead atoms. The van der Waals surface area contributed by atoms with Gasteiger partial charge in [-0.2, -0.15) is 0 Å². The summed E-state index contributed by atoms with van der Waals surface area (Å²) in [5.41, 5.74) is 0.526. The molecular weight excluding hydrogens is 354 g/mol. The number of benzene rings is 2. The lowest BCUT2D eigenvalue weighted by Gasteiger charge is -2.06. The zero-order valence-corrected chi connectivity index (χ0v) is 14.3. The SMILES string of the molecule is Cc1c([N+](=O)[O-])cc(C(=O)NCCc2nc3ccccc3[nH]2)cc1[N+](=O)[O-]. The van der Waals surface area contributed by atoms with Gasteiger partial charge in [0.25, 0.3) is 17.3 Å². The average molecular weight is 369 g/mol. The average Bonchev–Trinajstić information content (AvgIpc) is 3.04. The minimum atomic E-state index is -0.743. The predicted octanol–water partition coefficient (Wildman–Crippen LogP) is 2.66. The fraction of sp³-hybridized carbons (Fsp3) is 0.176. The van der Waals surface area contributed by atoms with Crippen LogP contribution >= 0.6 is 0 Å². The Balaban J connectivity index is 1.73. The Kier molecular flexibility index (Phi) is 4.79. The number of rotatable bonds is 6. The lowest BCUT2D eigenvalue weighted by Crippen LogP contribution is -2.26. The third kappa shape index (κ3) is 3.73. The maximum Gasteiger partial charge on any atom is 0.279 e. The number of carbonyl (C=O) groups is 1. The van der Waals surface area contributed by atoms with Crippen LogP contribution in [0.1, 0.15) is 21.7 Å². The number of amides is 1. The number of hydrogen-bond acceptors (Lipinski definition) is 6. The van der Waals surface area contributed by atoms with Crippen molar-refractivity contribution in [3.63, 3.8) is 0 Å². The molecule has 1 amide bonds. The topological polar surface area (TPSA) is 144 Å². The summed E-state index contributed by atoms with van der Waals surface area (Å²) < 4.78 is 0. The van der Waals surface area contributed by atoms with Gasteiger partial charge < -0.3 is 10.3 Å². The van der Waals surface area contributed by atoms with Crippen LogP contribution in [0.2, 0.25) is 0 Å². The van der Waals surface area contributed by atoms with Gasteiger partial charge in [-0.3, -0.25) is 25.0 Å². The van der Waals surface area contributed by atoms with Gasteiger partial charge in [0.15, 0.2) is 0 Å². The molecule has 0 spiro atoms. The highest BCUT2D eigenvalue weighted by Gasteiger charge is 2.25. The van der Waals surface area contributed by atoms with Crippen molar-refractivity contribution in [2.24, 2.45) is 0 Å². The van der Waals surface area contributed by atoms with E-state index in [2.05, 4.69) is 15.3 Å². The van der Waals surface area contributed by atoms with Gasteiger partial charge in [0.05, 0.1) is 26.4 Å². The van der Waals surface area contributed by atoms with E-state index in [4.69, 9.17) is 0 Å². The fourth-order valence-corrected chi connectivity index (χ4v) is 2.71. The van der Waals surface area contributed by atoms with E-state index in [1.807, 2.05) is 24.3 Å². The Bertz CT molecular complexity index is 991. The van der Waals surface area contributed by atoms with Gasteiger partial charge in [-0.05, 0) is 19.1 Å². The molecule has 2 aromatic carbocycles. The van der Waals surface area contributed by atoms with E-state index in [0.717, 1.165) is 23.2 Å². The van der Waals surface area contributed by atoms with Crippen LogP contribution in [0, 0.1) is 27.2 Å². The highest BCUT2D eigenvalue weighted by Crippen LogP contribution is 2.29. The summed E-state index contributed by atoms with van der Waals surface area (Å²) in [4.78, 5) is 40.5. The summed E-state index contributed by atoms with van der Waals surface area (Å²) in [6, 6.07) is 9.57. The molecule has 0 atom stereocenters. The molecule has 0 unspecified atom stereocenters. The molecule has 3 rings (SSSR count). The van der Waals surface area contributed by atoms with Gasteiger partial charge in [-0.1, -0.05) is 12.1 Å². The van der Waals surface area contributed by atoms with Crippen molar-refractivity contribution in [3.8, 4) is 0 Å². The number of nitrogens with one attached hydrogen (secondary N) is 2. The Morgan fingerprint density at radius 2 is 1.78 bits per heavy atom. The van der Waals surface area contributed by atoms with Crippen molar-refractivity contribution in [2.45, 2.75) is 13.3 Å². The molecule has 10 nitrogen and oxygen atoms in total. The van der Waals surface area contributed by atoms with Crippen LogP contribution in [0.4, 0.5) is 11.4 Å².